The van der Waals surface area contributed by atoms with Crippen LogP contribution in [0.1, 0.15) is 76.1 Å². The molecule has 0 saturated heterocycles. The Hall–Kier alpha value is -3.23. The number of hydrogen-bond acceptors (Lipinski definition) is 6. The number of carbonyl (C=O) groups is 1. The van der Waals surface area contributed by atoms with Crippen LogP contribution in [0.25, 0.3) is 11.1 Å². The molecule has 7 nitrogen and oxygen atoms in total. The Labute approximate surface area is 232 Å². The summed E-state index contributed by atoms with van der Waals surface area (Å²) < 4.78 is 39.9. The Bertz CT molecular complexity index is 1430. The van der Waals surface area contributed by atoms with Crippen molar-refractivity contribution in [3.63, 3.8) is 0 Å². The highest BCUT2D eigenvalue weighted by Crippen LogP contribution is 2.40. The SMILES string of the molecule is CC(C)c1cccc(-c2ccc(S(=O)(=O)N(C)C3CCCc4c(OCC(=O)OC(C)(C)C)cccc43)nc2)c1. The minimum atomic E-state index is -3.85. The van der Waals surface area contributed by atoms with Crippen LogP contribution in [0.5, 0.6) is 5.75 Å². The summed E-state index contributed by atoms with van der Waals surface area (Å²) in [7, 11) is -2.25. The van der Waals surface area contributed by atoms with E-state index in [0.717, 1.165) is 35.1 Å². The Kier molecular flexibility index (Phi) is 8.47. The van der Waals surface area contributed by atoms with Crippen LogP contribution in [0.15, 0.2) is 65.8 Å². The molecule has 0 saturated carbocycles. The number of aromatic nitrogens is 1. The summed E-state index contributed by atoms with van der Waals surface area (Å²) in [4.78, 5) is 16.5. The van der Waals surface area contributed by atoms with Crippen molar-refractivity contribution in [3.8, 4) is 16.9 Å². The predicted molar refractivity (Wildman–Crippen MR) is 152 cm³/mol. The van der Waals surface area contributed by atoms with Gasteiger partial charge in [0.25, 0.3) is 10.0 Å². The van der Waals surface area contributed by atoms with Gasteiger partial charge < -0.3 is 9.47 Å². The molecule has 1 atom stereocenters. The molecule has 1 aliphatic carbocycles. The number of nitrogens with zero attached hydrogens (tertiary/aromatic N) is 2. The lowest BCUT2D eigenvalue weighted by Gasteiger charge is -2.33. The average molecular weight is 551 g/mol. The maximum Gasteiger partial charge on any atom is 0.344 e. The first-order valence-electron chi connectivity index (χ1n) is 13.4. The van der Waals surface area contributed by atoms with Gasteiger partial charge in [0.15, 0.2) is 11.6 Å². The van der Waals surface area contributed by atoms with Crippen molar-refractivity contribution in [1.82, 2.24) is 9.29 Å². The third-order valence-corrected chi connectivity index (χ3v) is 8.69. The van der Waals surface area contributed by atoms with E-state index in [1.807, 2.05) is 57.2 Å². The lowest BCUT2D eigenvalue weighted by molar-refractivity contribution is -0.157. The number of ether oxygens (including phenoxy) is 2. The van der Waals surface area contributed by atoms with Crippen LogP contribution in [0.3, 0.4) is 0 Å². The number of sulfonamides is 1. The third kappa shape index (κ3) is 6.68. The molecular weight excluding hydrogens is 512 g/mol. The second-order valence-corrected chi connectivity index (χ2v) is 13.2. The summed E-state index contributed by atoms with van der Waals surface area (Å²) in [5.74, 6) is 0.533. The molecule has 0 bridgehead atoms. The van der Waals surface area contributed by atoms with Crippen molar-refractivity contribution < 1.29 is 22.7 Å². The van der Waals surface area contributed by atoms with Crippen molar-refractivity contribution in [2.24, 2.45) is 0 Å². The fourth-order valence-corrected chi connectivity index (χ4v) is 6.18. The van der Waals surface area contributed by atoms with E-state index in [-0.39, 0.29) is 17.7 Å². The second kappa shape index (κ2) is 11.5. The van der Waals surface area contributed by atoms with E-state index in [2.05, 4.69) is 31.0 Å². The molecule has 0 spiro atoms. The van der Waals surface area contributed by atoms with Gasteiger partial charge in [-0.1, -0.05) is 50.2 Å². The molecule has 39 heavy (non-hydrogen) atoms. The average Bonchev–Trinajstić information content (AvgIpc) is 2.90. The highest BCUT2D eigenvalue weighted by Gasteiger charge is 2.34. The van der Waals surface area contributed by atoms with E-state index < -0.39 is 21.6 Å². The van der Waals surface area contributed by atoms with E-state index in [9.17, 15) is 13.2 Å². The monoisotopic (exact) mass is 550 g/mol. The topological polar surface area (TPSA) is 85.8 Å². The zero-order valence-electron chi connectivity index (χ0n) is 23.6. The molecule has 0 aliphatic heterocycles. The van der Waals surface area contributed by atoms with Gasteiger partial charge in [0, 0.05) is 18.8 Å². The fraction of sp³-hybridized carbons (Fsp3) is 0.419. The van der Waals surface area contributed by atoms with Crippen LogP contribution in [0, 0.1) is 0 Å². The van der Waals surface area contributed by atoms with Gasteiger partial charge in [0.1, 0.15) is 11.4 Å². The smallest absolute Gasteiger partial charge is 0.344 e. The number of pyridine rings is 1. The molecule has 8 heteroatoms. The lowest BCUT2D eigenvalue weighted by Crippen LogP contribution is -2.34. The molecule has 0 fully saturated rings. The molecule has 1 heterocycles. The normalized spacial score (nSPS) is 15.7. The van der Waals surface area contributed by atoms with Crippen LogP contribution in [-0.4, -0.2) is 42.9 Å². The molecule has 4 rings (SSSR count). The second-order valence-electron chi connectivity index (χ2n) is 11.3. The Balaban J connectivity index is 1.54. The summed E-state index contributed by atoms with van der Waals surface area (Å²) in [5.41, 5.74) is 4.31. The van der Waals surface area contributed by atoms with Gasteiger partial charge in [0.05, 0.1) is 6.04 Å². The summed E-state index contributed by atoms with van der Waals surface area (Å²) in [6, 6.07) is 16.8. The van der Waals surface area contributed by atoms with E-state index in [1.165, 1.54) is 9.87 Å². The van der Waals surface area contributed by atoms with Crippen LogP contribution in [-0.2, 0) is 26.0 Å². The summed E-state index contributed by atoms with van der Waals surface area (Å²) in [6.45, 7) is 9.50. The first-order chi connectivity index (χ1) is 18.4. The molecule has 208 valence electrons. The van der Waals surface area contributed by atoms with Gasteiger partial charge in [-0.15, -0.1) is 0 Å². The zero-order chi connectivity index (χ0) is 28.4. The van der Waals surface area contributed by atoms with E-state index in [4.69, 9.17) is 9.47 Å². The van der Waals surface area contributed by atoms with Gasteiger partial charge in [-0.25, -0.2) is 18.2 Å². The number of carbonyl (C=O) groups excluding carboxylic acids is 1. The molecule has 1 aromatic heterocycles. The Morgan fingerprint density at radius 1 is 1.08 bits per heavy atom. The van der Waals surface area contributed by atoms with Crippen LogP contribution >= 0.6 is 0 Å². The van der Waals surface area contributed by atoms with Crippen molar-refractivity contribution >= 4 is 16.0 Å². The molecular formula is C31H38N2O5S. The summed E-state index contributed by atoms with van der Waals surface area (Å²) in [6.07, 6.45) is 3.84. The molecule has 2 aromatic carbocycles. The maximum absolute atomic E-state index is 13.6. The number of fused-ring (bicyclic) bond motifs is 1. The standard InChI is InChI=1S/C31H38N2O5S/c1-21(2)22-10-7-11-23(18-22)24-16-17-29(32-19-24)39(35,36)33(6)27-14-8-13-26-25(27)12-9-15-28(26)37-20-30(34)38-31(3,4)5/h7,9-12,15-19,21,27H,8,13-14,20H2,1-6H3. The molecule has 3 aromatic rings. The first kappa shape index (κ1) is 28.8. The summed E-state index contributed by atoms with van der Waals surface area (Å²) >= 11 is 0. The molecule has 0 radical (unpaired) electrons. The molecule has 0 amide bonds. The Morgan fingerprint density at radius 2 is 1.82 bits per heavy atom. The van der Waals surface area contributed by atoms with Crippen molar-refractivity contribution in [3.05, 3.63) is 77.5 Å². The van der Waals surface area contributed by atoms with Crippen LogP contribution in [0.2, 0.25) is 0 Å². The van der Waals surface area contributed by atoms with Gasteiger partial charge in [-0.3, -0.25) is 0 Å². The van der Waals surface area contributed by atoms with Crippen molar-refractivity contribution in [2.45, 2.75) is 76.5 Å². The summed E-state index contributed by atoms with van der Waals surface area (Å²) in [5, 5.41) is 0.0122. The highest BCUT2D eigenvalue weighted by atomic mass is 32.2. The van der Waals surface area contributed by atoms with E-state index in [0.29, 0.717) is 18.1 Å². The van der Waals surface area contributed by atoms with Crippen molar-refractivity contribution in [2.75, 3.05) is 13.7 Å². The zero-order valence-corrected chi connectivity index (χ0v) is 24.4. The van der Waals surface area contributed by atoms with Crippen LogP contribution in [0.4, 0.5) is 0 Å². The van der Waals surface area contributed by atoms with Gasteiger partial charge in [-0.05, 0) is 86.4 Å². The number of rotatable bonds is 8. The molecule has 0 N–H and O–H groups in total. The quantitative estimate of drug-likeness (QED) is 0.307. The number of esters is 1. The number of benzene rings is 2. The third-order valence-electron chi connectivity index (χ3n) is 6.90. The van der Waals surface area contributed by atoms with Gasteiger partial charge in [0.2, 0.25) is 0 Å². The minimum absolute atomic E-state index is 0.0122. The van der Waals surface area contributed by atoms with Gasteiger partial charge >= 0.3 is 5.97 Å². The lowest BCUT2D eigenvalue weighted by atomic mass is 9.87. The van der Waals surface area contributed by atoms with E-state index >= 15 is 0 Å². The molecule has 1 aliphatic rings. The highest BCUT2D eigenvalue weighted by molar-refractivity contribution is 7.89. The van der Waals surface area contributed by atoms with Gasteiger partial charge in [-0.2, -0.15) is 4.31 Å². The fourth-order valence-electron chi connectivity index (χ4n) is 4.91. The van der Waals surface area contributed by atoms with E-state index in [1.54, 1.807) is 19.3 Å². The minimum Gasteiger partial charge on any atom is -0.482 e. The van der Waals surface area contributed by atoms with Crippen molar-refractivity contribution in [1.29, 1.82) is 0 Å². The predicted octanol–water partition coefficient (Wildman–Crippen LogP) is 6.29. The molecule has 1 unspecified atom stereocenters. The first-order valence-corrected chi connectivity index (χ1v) is 14.8. The largest absolute Gasteiger partial charge is 0.482 e. The number of hydrogen-bond donors (Lipinski definition) is 0. The maximum atomic E-state index is 13.6. The Morgan fingerprint density at radius 3 is 2.49 bits per heavy atom. The van der Waals surface area contributed by atoms with Crippen LogP contribution < -0.4 is 4.74 Å².